The summed E-state index contributed by atoms with van der Waals surface area (Å²) >= 11 is 0. The van der Waals surface area contributed by atoms with Gasteiger partial charge in [-0.05, 0) is 115 Å². The van der Waals surface area contributed by atoms with Crippen molar-refractivity contribution in [2.24, 2.45) is 0 Å². The van der Waals surface area contributed by atoms with Crippen LogP contribution in [0.4, 0.5) is 17.1 Å². The third-order valence-electron chi connectivity index (χ3n) is 13.1. The fourth-order valence-corrected chi connectivity index (χ4v) is 9.84. The van der Waals surface area contributed by atoms with E-state index in [1.807, 2.05) is 0 Å². The highest BCUT2D eigenvalue weighted by Crippen LogP contribution is 2.41. The summed E-state index contributed by atoms with van der Waals surface area (Å²) in [5, 5.41) is 5.03. The molecular formula is C64H44N2. The number of fused-ring (bicyclic) bond motifs is 4. The average Bonchev–Trinajstić information content (AvgIpc) is 3.74. The second-order valence-corrected chi connectivity index (χ2v) is 16.9. The highest BCUT2D eigenvalue weighted by atomic mass is 15.1. The lowest BCUT2D eigenvalue weighted by molar-refractivity contribution is 1.18. The van der Waals surface area contributed by atoms with Gasteiger partial charge in [-0.2, -0.15) is 0 Å². The quantitative estimate of drug-likeness (QED) is 0.141. The van der Waals surface area contributed by atoms with Gasteiger partial charge < -0.3 is 9.47 Å². The first-order valence-electron chi connectivity index (χ1n) is 22.7. The Kier molecular flexibility index (Phi) is 9.89. The fraction of sp³-hybridized carbons (Fsp3) is 0. The maximum Gasteiger partial charge on any atom is 0.0541 e. The molecule has 0 atom stereocenters. The Balaban J connectivity index is 0.882. The summed E-state index contributed by atoms with van der Waals surface area (Å²) in [6, 6.07) is 96.7. The van der Waals surface area contributed by atoms with Gasteiger partial charge in [-0.25, -0.2) is 0 Å². The van der Waals surface area contributed by atoms with Gasteiger partial charge in [0.2, 0.25) is 0 Å². The minimum absolute atomic E-state index is 1.09. The monoisotopic (exact) mass is 840 g/mol. The second kappa shape index (κ2) is 16.8. The van der Waals surface area contributed by atoms with Crippen LogP contribution in [0.15, 0.2) is 267 Å². The van der Waals surface area contributed by atoms with Crippen molar-refractivity contribution >= 4 is 49.6 Å². The van der Waals surface area contributed by atoms with Crippen LogP contribution in [0, 0.1) is 0 Å². The van der Waals surface area contributed by atoms with Crippen LogP contribution in [-0.4, -0.2) is 4.57 Å². The van der Waals surface area contributed by atoms with Gasteiger partial charge >= 0.3 is 0 Å². The van der Waals surface area contributed by atoms with Gasteiger partial charge in [-0.1, -0.05) is 212 Å². The number of rotatable bonds is 9. The van der Waals surface area contributed by atoms with Gasteiger partial charge in [0.1, 0.15) is 0 Å². The number of hydrogen-bond acceptors (Lipinski definition) is 1. The smallest absolute Gasteiger partial charge is 0.0541 e. The summed E-state index contributed by atoms with van der Waals surface area (Å²) in [6.45, 7) is 0. The summed E-state index contributed by atoms with van der Waals surface area (Å²) in [5.74, 6) is 0. The molecule has 2 heteroatoms. The lowest BCUT2D eigenvalue weighted by Gasteiger charge is -2.26. The van der Waals surface area contributed by atoms with Crippen molar-refractivity contribution < 1.29 is 0 Å². The number of nitrogens with zero attached hydrogens (tertiary/aromatic N) is 2. The maximum atomic E-state index is 2.41. The third-order valence-corrected chi connectivity index (χ3v) is 13.1. The maximum absolute atomic E-state index is 2.41. The van der Waals surface area contributed by atoms with E-state index in [0.29, 0.717) is 0 Å². The molecule has 0 radical (unpaired) electrons. The van der Waals surface area contributed by atoms with Gasteiger partial charge in [-0.15, -0.1) is 0 Å². The molecule has 0 amide bonds. The molecule has 0 spiro atoms. The normalized spacial score (nSPS) is 11.3. The van der Waals surface area contributed by atoms with Crippen molar-refractivity contribution in [2.75, 3.05) is 4.90 Å². The first kappa shape index (κ1) is 38.9. The molecule has 12 rings (SSSR count). The van der Waals surface area contributed by atoms with Crippen molar-refractivity contribution in [3.63, 3.8) is 0 Å². The van der Waals surface area contributed by atoms with Crippen molar-refractivity contribution in [2.45, 2.75) is 0 Å². The van der Waals surface area contributed by atoms with Crippen LogP contribution in [0.25, 0.3) is 93.9 Å². The molecule has 12 aromatic rings. The largest absolute Gasteiger partial charge is 0.311 e. The van der Waals surface area contributed by atoms with E-state index in [9.17, 15) is 0 Å². The zero-order chi connectivity index (χ0) is 43.8. The molecule has 0 fully saturated rings. The molecule has 1 aromatic heterocycles. The van der Waals surface area contributed by atoms with Crippen LogP contribution in [0.5, 0.6) is 0 Å². The zero-order valence-corrected chi connectivity index (χ0v) is 36.3. The Morgan fingerprint density at radius 3 is 1.21 bits per heavy atom. The van der Waals surface area contributed by atoms with Crippen molar-refractivity contribution in [3.8, 4) is 61.3 Å². The minimum Gasteiger partial charge on any atom is -0.311 e. The predicted octanol–water partition coefficient (Wildman–Crippen LogP) is 17.7. The van der Waals surface area contributed by atoms with E-state index in [4.69, 9.17) is 0 Å². The van der Waals surface area contributed by atoms with Crippen molar-refractivity contribution in [1.82, 2.24) is 4.57 Å². The highest BCUT2D eigenvalue weighted by molar-refractivity contribution is 6.10. The standard InChI is InChI=1S/C64H44N2/c1-2-15-45(16-3-1)47-33-39-52(40-34-47)65(54-43-37-50(38-44-54)56-20-6-7-22-58(56)59-25-14-18-49-17-4-5-19-55(49)59)53-41-35-48(36-42-53)46-29-31-51(32-30-46)57-21-8-11-26-62(57)66-63-27-12-9-23-60(63)61-24-10-13-28-64(61)66/h1-44H. The Bertz CT molecular complexity index is 3600. The summed E-state index contributed by atoms with van der Waals surface area (Å²) in [5.41, 5.74) is 18.8. The molecule has 66 heavy (non-hydrogen) atoms. The van der Waals surface area contributed by atoms with Gasteiger partial charge in [0.05, 0.1) is 16.7 Å². The van der Waals surface area contributed by atoms with Crippen molar-refractivity contribution in [3.05, 3.63) is 267 Å². The molecule has 1 heterocycles. The van der Waals surface area contributed by atoms with E-state index in [1.54, 1.807) is 0 Å². The molecule has 0 saturated carbocycles. The number of anilines is 3. The highest BCUT2D eigenvalue weighted by Gasteiger charge is 2.17. The lowest BCUT2D eigenvalue weighted by atomic mass is 9.91. The molecule has 0 saturated heterocycles. The van der Waals surface area contributed by atoms with Crippen LogP contribution >= 0.6 is 0 Å². The van der Waals surface area contributed by atoms with Crippen LogP contribution in [0.3, 0.4) is 0 Å². The van der Waals surface area contributed by atoms with E-state index in [2.05, 4.69) is 276 Å². The molecule has 0 aliphatic carbocycles. The van der Waals surface area contributed by atoms with Gasteiger partial charge in [0.15, 0.2) is 0 Å². The Morgan fingerprint density at radius 2 is 0.606 bits per heavy atom. The lowest BCUT2D eigenvalue weighted by Crippen LogP contribution is -2.09. The Morgan fingerprint density at radius 1 is 0.227 bits per heavy atom. The fourth-order valence-electron chi connectivity index (χ4n) is 9.84. The number of aromatic nitrogens is 1. The molecule has 11 aromatic carbocycles. The molecular weight excluding hydrogens is 797 g/mol. The van der Waals surface area contributed by atoms with Crippen LogP contribution < -0.4 is 4.90 Å². The van der Waals surface area contributed by atoms with Crippen molar-refractivity contribution in [1.29, 1.82) is 0 Å². The Hall–Kier alpha value is -8.72. The minimum atomic E-state index is 1.09. The van der Waals surface area contributed by atoms with E-state index in [-0.39, 0.29) is 0 Å². The average molecular weight is 841 g/mol. The summed E-state index contributed by atoms with van der Waals surface area (Å²) in [4.78, 5) is 2.35. The first-order chi connectivity index (χ1) is 32.7. The van der Waals surface area contributed by atoms with Gasteiger partial charge in [0, 0.05) is 33.4 Å². The molecule has 0 bridgehead atoms. The van der Waals surface area contributed by atoms with E-state index < -0.39 is 0 Å². The molecule has 2 nitrogen and oxygen atoms in total. The Labute approximate surface area is 385 Å². The van der Waals surface area contributed by atoms with Gasteiger partial charge in [-0.3, -0.25) is 0 Å². The molecule has 0 aliphatic rings. The molecule has 0 unspecified atom stereocenters. The van der Waals surface area contributed by atoms with E-state index >= 15 is 0 Å². The summed E-state index contributed by atoms with van der Waals surface area (Å²) < 4.78 is 2.41. The SMILES string of the molecule is c1ccc(-c2ccc(N(c3ccc(-c4ccc(-c5ccccc5-n5c6ccccc6c6ccccc65)cc4)cc3)c3ccc(-c4ccccc4-c4cccc5ccccc45)cc3)cc2)cc1. The second-order valence-electron chi connectivity index (χ2n) is 16.9. The third kappa shape index (κ3) is 7.02. The summed E-state index contributed by atoms with van der Waals surface area (Å²) in [7, 11) is 0. The topological polar surface area (TPSA) is 8.17 Å². The molecule has 0 N–H and O–H groups in total. The van der Waals surface area contributed by atoms with Crippen LogP contribution in [0.2, 0.25) is 0 Å². The van der Waals surface area contributed by atoms with Crippen LogP contribution in [0.1, 0.15) is 0 Å². The number of hydrogen-bond donors (Lipinski definition) is 0. The molecule has 310 valence electrons. The summed E-state index contributed by atoms with van der Waals surface area (Å²) in [6.07, 6.45) is 0. The first-order valence-corrected chi connectivity index (χ1v) is 22.7. The van der Waals surface area contributed by atoms with Crippen LogP contribution in [-0.2, 0) is 0 Å². The van der Waals surface area contributed by atoms with E-state index in [0.717, 1.165) is 17.1 Å². The number of benzene rings is 11. The number of para-hydroxylation sites is 3. The predicted molar refractivity (Wildman–Crippen MR) is 280 cm³/mol. The van der Waals surface area contributed by atoms with Gasteiger partial charge in [0.25, 0.3) is 0 Å². The molecule has 0 aliphatic heterocycles. The van der Waals surface area contributed by atoms with E-state index in [1.165, 1.54) is 93.9 Å². The zero-order valence-electron chi connectivity index (χ0n) is 36.3.